The molecule has 1 aromatic rings. The molecule has 0 saturated heterocycles. The molecule has 1 aromatic carbocycles. The van der Waals surface area contributed by atoms with Crippen LogP contribution in [0, 0.1) is 11.8 Å². The lowest BCUT2D eigenvalue weighted by Crippen LogP contribution is -2.20. The van der Waals surface area contributed by atoms with Crippen molar-refractivity contribution in [1.82, 2.24) is 0 Å². The van der Waals surface area contributed by atoms with Gasteiger partial charge in [-0.1, -0.05) is 30.7 Å². The Kier molecular flexibility index (Phi) is 5.06. The van der Waals surface area contributed by atoms with Crippen molar-refractivity contribution in [2.75, 3.05) is 11.9 Å². The van der Waals surface area contributed by atoms with Crippen LogP contribution in [-0.2, 0) is 15.8 Å². The zero-order valence-electron chi connectivity index (χ0n) is 12.7. The van der Waals surface area contributed by atoms with Crippen molar-refractivity contribution in [3.63, 3.8) is 0 Å². The molecule has 21 heavy (non-hydrogen) atoms. The topological polar surface area (TPSA) is 72.2 Å². The summed E-state index contributed by atoms with van der Waals surface area (Å²) in [4.78, 5) is 0. The fourth-order valence-corrected chi connectivity index (χ4v) is 3.71. The Morgan fingerprint density at radius 2 is 1.95 bits per heavy atom. The summed E-state index contributed by atoms with van der Waals surface area (Å²) in [6.07, 6.45) is 4.73. The second-order valence-electron chi connectivity index (χ2n) is 6.18. The third-order valence-corrected chi connectivity index (χ3v) is 4.54. The van der Waals surface area contributed by atoms with E-state index in [2.05, 4.69) is 25.2 Å². The summed E-state index contributed by atoms with van der Waals surface area (Å²) in [6, 6.07) is 7.44. The van der Waals surface area contributed by atoms with Gasteiger partial charge in [-0.15, -0.1) is 0 Å². The van der Waals surface area contributed by atoms with Crippen molar-refractivity contribution >= 4 is 15.7 Å². The highest BCUT2D eigenvalue weighted by atomic mass is 32.2. The van der Waals surface area contributed by atoms with Crippen molar-refractivity contribution in [3.05, 3.63) is 41.5 Å². The van der Waals surface area contributed by atoms with Crippen molar-refractivity contribution in [3.8, 4) is 0 Å². The van der Waals surface area contributed by atoms with Crippen molar-refractivity contribution in [2.24, 2.45) is 17.0 Å². The van der Waals surface area contributed by atoms with E-state index in [1.165, 1.54) is 12.0 Å². The molecule has 0 bridgehead atoms. The minimum atomic E-state index is -3.46. The highest BCUT2D eigenvalue weighted by Gasteiger charge is 2.17. The molecule has 0 amide bonds. The van der Waals surface area contributed by atoms with Crippen LogP contribution in [-0.4, -0.2) is 15.0 Å². The Bertz CT molecular complexity index is 606. The number of rotatable bonds is 5. The largest absolute Gasteiger partial charge is 0.385 e. The van der Waals surface area contributed by atoms with Crippen LogP contribution in [0.3, 0.4) is 0 Å². The lowest BCUT2D eigenvalue weighted by atomic mass is 9.84. The molecule has 3 N–H and O–H groups in total. The predicted molar refractivity (Wildman–Crippen MR) is 87.4 cm³/mol. The molecule has 4 nitrogen and oxygen atoms in total. The van der Waals surface area contributed by atoms with Crippen LogP contribution < -0.4 is 10.5 Å². The van der Waals surface area contributed by atoms with Crippen LogP contribution in [0.25, 0.3) is 0 Å². The van der Waals surface area contributed by atoms with Gasteiger partial charge in [0.15, 0.2) is 0 Å². The molecule has 0 spiro atoms. The molecule has 2 rings (SSSR count). The summed E-state index contributed by atoms with van der Waals surface area (Å²) in [7, 11) is -3.46. The molecule has 2 atom stereocenters. The zero-order valence-corrected chi connectivity index (χ0v) is 13.5. The minimum Gasteiger partial charge on any atom is -0.385 e. The van der Waals surface area contributed by atoms with Crippen molar-refractivity contribution in [2.45, 2.75) is 32.4 Å². The van der Waals surface area contributed by atoms with Gasteiger partial charge in [0.05, 0.1) is 5.75 Å². The molecule has 1 aliphatic carbocycles. The van der Waals surface area contributed by atoms with E-state index in [1.54, 1.807) is 12.1 Å². The highest BCUT2D eigenvalue weighted by Crippen LogP contribution is 2.28. The summed E-state index contributed by atoms with van der Waals surface area (Å²) in [6.45, 7) is 5.41. The van der Waals surface area contributed by atoms with E-state index in [-0.39, 0.29) is 5.75 Å². The van der Waals surface area contributed by atoms with E-state index < -0.39 is 10.0 Å². The first kappa shape index (κ1) is 16.0. The Morgan fingerprint density at radius 3 is 2.52 bits per heavy atom. The van der Waals surface area contributed by atoms with Crippen LogP contribution in [0.4, 0.5) is 5.69 Å². The first-order valence-electron chi connectivity index (χ1n) is 7.32. The van der Waals surface area contributed by atoms with Gasteiger partial charge in [0.2, 0.25) is 10.0 Å². The first-order chi connectivity index (χ1) is 9.82. The molecule has 0 radical (unpaired) electrons. The third-order valence-electron chi connectivity index (χ3n) is 3.80. The Hall–Kier alpha value is -1.33. The van der Waals surface area contributed by atoms with Crippen molar-refractivity contribution in [1.29, 1.82) is 0 Å². The van der Waals surface area contributed by atoms with E-state index in [0.29, 0.717) is 17.4 Å². The van der Waals surface area contributed by atoms with Gasteiger partial charge in [-0.05, 0) is 49.3 Å². The van der Waals surface area contributed by atoms with E-state index in [9.17, 15) is 8.42 Å². The van der Waals surface area contributed by atoms with E-state index >= 15 is 0 Å². The molecule has 5 heteroatoms. The quantitative estimate of drug-likeness (QED) is 0.822. The maximum Gasteiger partial charge on any atom is 0.213 e. The molecule has 116 valence electrons. The number of hydrogen-bond acceptors (Lipinski definition) is 3. The number of allylic oxidation sites excluding steroid dienone is 2. The van der Waals surface area contributed by atoms with Crippen LogP contribution in [0.15, 0.2) is 35.9 Å². The van der Waals surface area contributed by atoms with E-state index in [0.717, 1.165) is 18.7 Å². The van der Waals surface area contributed by atoms with Crippen LogP contribution in [0.5, 0.6) is 0 Å². The molecule has 0 aromatic heterocycles. The molecule has 0 saturated carbocycles. The molecule has 2 unspecified atom stereocenters. The second kappa shape index (κ2) is 6.62. The number of primary sulfonamides is 1. The number of benzene rings is 1. The fourth-order valence-electron chi connectivity index (χ4n) is 3.06. The van der Waals surface area contributed by atoms with Gasteiger partial charge >= 0.3 is 0 Å². The summed E-state index contributed by atoms with van der Waals surface area (Å²) >= 11 is 0. The molecule has 1 aliphatic rings. The zero-order chi connectivity index (χ0) is 15.5. The average Bonchev–Trinajstić information content (AvgIpc) is 2.35. The SMILES string of the molecule is CC1=CC(C)CC(CNc2ccc(CS(N)(=O)=O)cc2)C1. The first-order valence-corrected chi connectivity index (χ1v) is 9.04. The lowest BCUT2D eigenvalue weighted by Gasteiger charge is -2.26. The molecule has 0 aliphatic heterocycles. The van der Waals surface area contributed by atoms with Crippen LogP contribution >= 0.6 is 0 Å². The molecular weight excluding hydrogens is 284 g/mol. The van der Waals surface area contributed by atoms with Gasteiger partial charge in [-0.2, -0.15) is 0 Å². The maximum atomic E-state index is 11.0. The molecule has 0 heterocycles. The molecule has 0 fully saturated rings. The van der Waals surface area contributed by atoms with E-state index in [1.807, 2.05) is 12.1 Å². The standard InChI is InChI=1S/C16H24N2O2S/c1-12-7-13(2)9-15(8-12)10-18-16-5-3-14(4-6-16)11-21(17,19)20/h3-7,12,15,18H,8-11H2,1-2H3,(H2,17,19,20). The normalized spacial score (nSPS) is 22.7. The maximum absolute atomic E-state index is 11.0. The second-order valence-corrected chi connectivity index (χ2v) is 7.80. The van der Waals surface area contributed by atoms with Gasteiger partial charge in [0.1, 0.15) is 0 Å². The molecular formula is C16H24N2O2S. The van der Waals surface area contributed by atoms with Crippen molar-refractivity contribution < 1.29 is 8.42 Å². The predicted octanol–water partition coefficient (Wildman–Crippen LogP) is 2.88. The summed E-state index contributed by atoms with van der Waals surface area (Å²) in [5, 5.41) is 8.48. The number of sulfonamides is 1. The number of hydrogen-bond donors (Lipinski definition) is 2. The number of nitrogens with one attached hydrogen (secondary N) is 1. The Morgan fingerprint density at radius 1 is 1.29 bits per heavy atom. The Labute approximate surface area is 127 Å². The van der Waals surface area contributed by atoms with Crippen LogP contribution in [0.1, 0.15) is 32.3 Å². The summed E-state index contributed by atoms with van der Waals surface area (Å²) in [5.74, 6) is 1.20. The fraction of sp³-hybridized carbons (Fsp3) is 0.500. The van der Waals surface area contributed by atoms with E-state index in [4.69, 9.17) is 5.14 Å². The van der Waals surface area contributed by atoms with Gasteiger partial charge in [-0.3, -0.25) is 0 Å². The van der Waals surface area contributed by atoms with Gasteiger partial charge in [0.25, 0.3) is 0 Å². The monoisotopic (exact) mass is 308 g/mol. The third kappa shape index (κ3) is 5.52. The highest BCUT2D eigenvalue weighted by molar-refractivity contribution is 7.88. The number of nitrogens with two attached hydrogens (primary N) is 1. The van der Waals surface area contributed by atoms with Gasteiger partial charge in [0, 0.05) is 12.2 Å². The smallest absolute Gasteiger partial charge is 0.213 e. The van der Waals surface area contributed by atoms with Crippen LogP contribution in [0.2, 0.25) is 0 Å². The summed E-state index contributed by atoms with van der Waals surface area (Å²) < 4.78 is 22.1. The Balaban J connectivity index is 1.88. The van der Waals surface area contributed by atoms with Gasteiger partial charge in [-0.25, -0.2) is 13.6 Å². The summed E-state index contributed by atoms with van der Waals surface area (Å²) in [5.41, 5.74) is 3.21. The lowest BCUT2D eigenvalue weighted by molar-refractivity contribution is 0.421. The van der Waals surface area contributed by atoms with Gasteiger partial charge < -0.3 is 5.32 Å². The number of anilines is 1. The minimum absolute atomic E-state index is 0.114. The average molecular weight is 308 g/mol.